The Hall–Kier alpha value is -1.81. The molecule has 0 aliphatic heterocycles. The van der Waals surface area contributed by atoms with E-state index in [1.165, 1.54) is 0 Å². The maximum absolute atomic E-state index is 10.9. The van der Waals surface area contributed by atoms with E-state index in [1.54, 1.807) is 5.48 Å². The lowest BCUT2D eigenvalue weighted by molar-refractivity contribution is -0.128. The number of nitrogens with one attached hydrogen (secondary N) is 2. The zero-order valence-electron chi connectivity index (χ0n) is 7.45. The van der Waals surface area contributed by atoms with Crippen LogP contribution in [0.1, 0.15) is 5.69 Å². The standard InChI is InChI=1S/C10H10N2O2/c13-10(12-14)6-8-5-7-3-1-2-4-9(7)11-8/h1-5,11,14H,6H2,(H,12,13). The molecular formula is C10H10N2O2. The number of carbonyl (C=O) groups is 1. The molecule has 4 nitrogen and oxygen atoms in total. The first kappa shape index (κ1) is 8.77. The molecule has 1 heterocycles. The van der Waals surface area contributed by atoms with Crippen LogP contribution in [0.5, 0.6) is 0 Å². The Morgan fingerprint density at radius 1 is 1.43 bits per heavy atom. The van der Waals surface area contributed by atoms with Gasteiger partial charge < -0.3 is 4.98 Å². The number of hydroxylamine groups is 1. The number of para-hydroxylation sites is 1. The van der Waals surface area contributed by atoms with Crippen LogP contribution in [-0.4, -0.2) is 16.1 Å². The number of carbonyl (C=O) groups excluding carboxylic acids is 1. The monoisotopic (exact) mass is 190 g/mol. The molecule has 4 heteroatoms. The van der Waals surface area contributed by atoms with Gasteiger partial charge in [-0.05, 0) is 17.5 Å². The highest BCUT2D eigenvalue weighted by Gasteiger charge is 2.04. The zero-order chi connectivity index (χ0) is 9.97. The molecule has 1 aromatic heterocycles. The quantitative estimate of drug-likeness (QED) is 0.492. The van der Waals surface area contributed by atoms with Crippen molar-refractivity contribution in [3.8, 4) is 0 Å². The summed E-state index contributed by atoms with van der Waals surface area (Å²) < 4.78 is 0. The zero-order valence-corrected chi connectivity index (χ0v) is 7.45. The van der Waals surface area contributed by atoms with Crippen molar-refractivity contribution in [2.24, 2.45) is 0 Å². The highest BCUT2D eigenvalue weighted by Crippen LogP contribution is 2.14. The van der Waals surface area contributed by atoms with Crippen LogP contribution in [0.2, 0.25) is 0 Å². The molecule has 1 amide bonds. The van der Waals surface area contributed by atoms with Gasteiger partial charge in [-0.15, -0.1) is 0 Å². The summed E-state index contributed by atoms with van der Waals surface area (Å²) in [5.74, 6) is -0.420. The third-order valence-electron chi connectivity index (χ3n) is 2.06. The number of hydrogen-bond acceptors (Lipinski definition) is 2. The van der Waals surface area contributed by atoms with Crippen molar-refractivity contribution in [1.82, 2.24) is 10.5 Å². The SMILES string of the molecule is O=C(Cc1cc2ccccc2[nH]1)NO. The van der Waals surface area contributed by atoms with Gasteiger partial charge >= 0.3 is 0 Å². The van der Waals surface area contributed by atoms with Crippen LogP contribution in [0.15, 0.2) is 30.3 Å². The molecule has 0 saturated carbocycles. The van der Waals surface area contributed by atoms with Gasteiger partial charge in [-0.1, -0.05) is 18.2 Å². The summed E-state index contributed by atoms with van der Waals surface area (Å²) in [6.07, 6.45) is 0.158. The molecule has 0 saturated heterocycles. The first-order valence-corrected chi connectivity index (χ1v) is 4.29. The summed E-state index contributed by atoms with van der Waals surface area (Å²) in [4.78, 5) is 14.0. The number of amides is 1. The minimum absolute atomic E-state index is 0.158. The fourth-order valence-corrected chi connectivity index (χ4v) is 1.44. The van der Waals surface area contributed by atoms with Gasteiger partial charge in [-0.3, -0.25) is 10.0 Å². The highest BCUT2D eigenvalue weighted by atomic mass is 16.5. The van der Waals surface area contributed by atoms with E-state index in [4.69, 9.17) is 5.21 Å². The van der Waals surface area contributed by atoms with Gasteiger partial charge in [0.15, 0.2) is 0 Å². The fourth-order valence-electron chi connectivity index (χ4n) is 1.44. The lowest BCUT2D eigenvalue weighted by Gasteiger charge is -1.94. The third kappa shape index (κ3) is 1.60. The number of benzene rings is 1. The van der Waals surface area contributed by atoms with Crippen molar-refractivity contribution in [3.05, 3.63) is 36.0 Å². The number of hydrogen-bond donors (Lipinski definition) is 3. The first-order valence-electron chi connectivity index (χ1n) is 4.29. The van der Waals surface area contributed by atoms with E-state index in [-0.39, 0.29) is 6.42 Å². The molecule has 1 aromatic carbocycles. The minimum atomic E-state index is -0.420. The molecule has 2 aromatic rings. The summed E-state index contributed by atoms with van der Waals surface area (Å²) >= 11 is 0. The van der Waals surface area contributed by atoms with Crippen LogP contribution in [0, 0.1) is 0 Å². The summed E-state index contributed by atoms with van der Waals surface area (Å²) in [6.45, 7) is 0. The number of aromatic amines is 1. The molecule has 0 unspecified atom stereocenters. The van der Waals surface area contributed by atoms with Gasteiger partial charge in [0.25, 0.3) is 0 Å². The van der Waals surface area contributed by atoms with E-state index in [0.717, 1.165) is 16.6 Å². The van der Waals surface area contributed by atoms with Crippen molar-refractivity contribution in [3.63, 3.8) is 0 Å². The number of aromatic nitrogens is 1. The Balaban J connectivity index is 2.31. The van der Waals surface area contributed by atoms with Crippen molar-refractivity contribution in [2.75, 3.05) is 0 Å². The van der Waals surface area contributed by atoms with Crippen LogP contribution >= 0.6 is 0 Å². The molecule has 2 rings (SSSR count). The predicted molar refractivity (Wildman–Crippen MR) is 51.9 cm³/mol. The third-order valence-corrected chi connectivity index (χ3v) is 2.06. The summed E-state index contributed by atoms with van der Waals surface area (Å²) in [6, 6.07) is 9.66. The van der Waals surface area contributed by atoms with Gasteiger partial charge in [0.05, 0.1) is 6.42 Å². The largest absolute Gasteiger partial charge is 0.358 e. The minimum Gasteiger partial charge on any atom is -0.358 e. The van der Waals surface area contributed by atoms with Gasteiger partial charge in [-0.2, -0.15) is 0 Å². The second-order valence-corrected chi connectivity index (χ2v) is 3.09. The number of fused-ring (bicyclic) bond motifs is 1. The average molecular weight is 190 g/mol. The van der Waals surface area contributed by atoms with Gasteiger partial charge in [0, 0.05) is 11.2 Å². The summed E-state index contributed by atoms with van der Waals surface area (Å²) in [7, 11) is 0. The van der Waals surface area contributed by atoms with Crippen molar-refractivity contribution < 1.29 is 10.0 Å². The van der Waals surface area contributed by atoms with E-state index in [2.05, 4.69) is 4.98 Å². The van der Waals surface area contributed by atoms with Crippen molar-refractivity contribution in [2.45, 2.75) is 6.42 Å². The Labute approximate surface area is 80.5 Å². The van der Waals surface area contributed by atoms with Gasteiger partial charge in [0.1, 0.15) is 0 Å². The smallest absolute Gasteiger partial charge is 0.249 e. The van der Waals surface area contributed by atoms with Gasteiger partial charge in [0.2, 0.25) is 5.91 Å². The second-order valence-electron chi connectivity index (χ2n) is 3.09. The maximum atomic E-state index is 10.9. The second kappa shape index (κ2) is 3.51. The maximum Gasteiger partial charge on any atom is 0.249 e. The van der Waals surface area contributed by atoms with Gasteiger partial charge in [-0.25, -0.2) is 5.48 Å². The molecule has 72 valence electrons. The van der Waals surface area contributed by atoms with Crippen LogP contribution in [0.3, 0.4) is 0 Å². The molecular weight excluding hydrogens is 180 g/mol. The van der Waals surface area contributed by atoms with E-state index in [1.807, 2.05) is 30.3 Å². The molecule has 0 aliphatic carbocycles. The van der Waals surface area contributed by atoms with E-state index >= 15 is 0 Å². The lowest BCUT2D eigenvalue weighted by atomic mass is 10.2. The Kier molecular flexibility index (Phi) is 2.20. The Bertz CT molecular complexity index is 429. The highest BCUT2D eigenvalue weighted by molar-refractivity contribution is 5.83. The molecule has 0 aliphatic rings. The van der Waals surface area contributed by atoms with Crippen LogP contribution < -0.4 is 5.48 Å². The molecule has 0 fully saturated rings. The molecule has 14 heavy (non-hydrogen) atoms. The molecule has 3 N–H and O–H groups in total. The van der Waals surface area contributed by atoms with Crippen molar-refractivity contribution >= 4 is 16.8 Å². The fraction of sp³-hybridized carbons (Fsp3) is 0.100. The molecule has 0 spiro atoms. The van der Waals surface area contributed by atoms with E-state index < -0.39 is 5.91 Å². The number of rotatable bonds is 2. The van der Waals surface area contributed by atoms with E-state index in [0.29, 0.717) is 0 Å². The molecule has 0 atom stereocenters. The van der Waals surface area contributed by atoms with E-state index in [9.17, 15) is 4.79 Å². The lowest BCUT2D eigenvalue weighted by Crippen LogP contribution is -2.20. The Morgan fingerprint density at radius 3 is 2.93 bits per heavy atom. The van der Waals surface area contributed by atoms with Crippen LogP contribution in [-0.2, 0) is 11.2 Å². The molecule has 0 radical (unpaired) electrons. The average Bonchev–Trinajstić information content (AvgIpc) is 2.59. The molecule has 0 bridgehead atoms. The van der Waals surface area contributed by atoms with Crippen LogP contribution in [0.4, 0.5) is 0 Å². The van der Waals surface area contributed by atoms with Crippen LogP contribution in [0.25, 0.3) is 10.9 Å². The predicted octanol–water partition coefficient (Wildman–Crippen LogP) is 1.22. The van der Waals surface area contributed by atoms with Crippen molar-refractivity contribution in [1.29, 1.82) is 0 Å². The normalized spacial score (nSPS) is 10.4. The first-order chi connectivity index (χ1) is 6.79. The number of H-pyrrole nitrogens is 1. The topological polar surface area (TPSA) is 65.1 Å². The summed E-state index contributed by atoms with van der Waals surface area (Å²) in [5.41, 5.74) is 3.38. The summed E-state index contributed by atoms with van der Waals surface area (Å²) in [5, 5.41) is 9.42. The Morgan fingerprint density at radius 2 is 2.21 bits per heavy atom.